The Bertz CT molecular complexity index is 212. The minimum atomic E-state index is -0.640. The van der Waals surface area contributed by atoms with Gasteiger partial charge in [0, 0.05) is 28.3 Å². The third-order valence-corrected chi connectivity index (χ3v) is 5.09. The van der Waals surface area contributed by atoms with E-state index in [0.717, 1.165) is 24.0 Å². The zero-order valence-electron chi connectivity index (χ0n) is 11.0. The van der Waals surface area contributed by atoms with Crippen LogP contribution in [0.4, 0.5) is 0 Å². The lowest BCUT2D eigenvalue weighted by Crippen LogP contribution is -2.40. The summed E-state index contributed by atoms with van der Waals surface area (Å²) < 4.78 is 12.0. The summed E-state index contributed by atoms with van der Waals surface area (Å²) in [6.45, 7) is 7.44. The van der Waals surface area contributed by atoms with Crippen molar-refractivity contribution in [2.24, 2.45) is 11.8 Å². The van der Waals surface area contributed by atoms with Crippen molar-refractivity contribution in [2.75, 3.05) is 18.1 Å². The lowest BCUT2D eigenvalue weighted by atomic mass is 10.00. The minimum absolute atomic E-state index is 0.493. The van der Waals surface area contributed by atoms with Gasteiger partial charge in [-0.25, -0.2) is 0 Å². The quantitative estimate of drug-likeness (QED) is 0.747. The Hall–Kier alpha value is 0.110. The molecule has 0 saturated heterocycles. The van der Waals surface area contributed by atoms with Gasteiger partial charge in [0.15, 0.2) is 0 Å². The van der Waals surface area contributed by atoms with Gasteiger partial charge < -0.3 is 5.32 Å². The Kier molecular flexibility index (Phi) is 6.59. The third-order valence-electron chi connectivity index (χ3n) is 3.32. The molecule has 0 aliphatic heterocycles. The topological polar surface area (TPSA) is 29.1 Å². The highest BCUT2D eigenvalue weighted by atomic mass is 32.2. The van der Waals surface area contributed by atoms with E-state index in [1.165, 1.54) is 25.7 Å². The SMILES string of the molecule is CCNC(CS(=O)CC(C)C)C1CCCC1. The predicted molar refractivity (Wildman–Crippen MR) is 72.1 cm³/mol. The van der Waals surface area contributed by atoms with Gasteiger partial charge in [-0.3, -0.25) is 4.21 Å². The second-order valence-electron chi connectivity index (χ2n) is 5.38. The fourth-order valence-electron chi connectivity index (χ4n) is 2.62. The lowest BCUT2D eigenvalue weighted by Gasteiger charge is -2.24. The molecule has 2 nitrogen and oxygen atoms in total. The van der Waals surface area contributed by atoms with Crippen molar-refractivity contribution < 1.29 is 4.21 Å². The first-order valence-electron chi connectivity index (χ1n) is 6.71. The van der Waals surface area contributed by atoms with Gasteiger partial charge in [0.1, 0.15) is 0 Å². The van der Waals surface area contributed by atoms with Crippen LogP contribution in [-0.4, -0.2) is 28.3 Å². The van der Waals surface area contributed by atoms with E-state index in [2.05, 4.69) is 26.1 Å². The van der Waals surface area contributed by atoms with E-state index in [4.69, 9.17) is 0 Å². The smallest absolute Gasteiger partial charge is 0.0391 e. The maximum atomic E-state index is 12.0. The fraction of sp³-hybridized carbons (Fsp3) is 1.00. The fourth-order valence-corrected chi connectivity index (χ4v) is 4.29. The van der Waals surface area contributed by atoms with Crippen LogP contribution in [0.25, 0.3) is 0 Å². The first-order valence-corrected chi connectivity index (χ1v) is 8.20. The second kappa shape index (κ2) is 7.44. The van der Waals surface area contributed by atoms with Crippen LogP contribution in [-0.2, 0) is 10.8 Å². The van der Waals surface area contributed by atoms with Crippen molar-refractivity contribution in [2.45, 2.75) is 52.5 Å². The number of nitrogens with one attached hydrogen (secondary N) is 1. The zero-order valence-corrected chi connectivity index (χ0v) is 11.8. The summed E-state index contributed by atoms with van der Waals surface area (Å²) in [4.78, 5) is 0. The monoisotopic (exact) mass is 245 g/mol. The second-order valence-corrected chi connectivity index (χ2v) is 6.92. The molecule has 2 unspecified atom stereocenters. The van der Waals surface area contributed by atoms with Crippen LogP contribution in [0.5, 0.6) is 0 Å². The molecule has 0 radical (unpaired) electrons. The van der Waals surface area contributed by atoms with Crippen LogP contribution in [0.3, 0.4) is 0 Å². The van der Waals surface area contributed by atoms with Crippen LogP contribution in [0.2, 0.25) is 0 Å². The maximum Gasteiger partial charge on any atom is 0.0391 e. The molecule has 1 N–H and O–H groups in total. The van der Waals surface area contributed by atoms with Crippen molar-refractivity contribution in [1.29, 1.82) is 0 Å². The Balaban J connectivity index is 2.40. The van der Waals surface area contributed by atoms with Crippen LogP contribution >= 0.6 is 0 Å². The molecule has 0 amide bonds. The van der Waals surface area contributed by atoms with E-state index in [9.17, 15) is 4.21 Å². The molecular weight excluding hydrogens is 218 g/mol. The van der Waals surface area contributed by atoms with Gasteiger partial charge in [-0.2, -0.15) is 0 Å². The molecule has 1 aliphatic carbocycles. The molecule has 0 spiro atoms. The largest absolute Gasteiger partial charge is 0.313 e. The van der Waals surface area contributed by atoms with Gasteiger partial charge in [-0.1, -0.05) is 33.6 Å². The summed E-state index contributed by atoms with van der Waals surface area (Å²) >= 11 is 0. The predicted octanol–water partition coefficient (Wildman–Crippen LogP) is 2.56. The highest BCUT2D eigenvalue weighted by Gasteiger charge is 2.25. The number of rotatable bonds is 7. The van der Waals surface area contributed by atoms with E-state index < -0.39 is 10.8 Å². The number of hydrogen-bond acceptors (Lipinski definition) is 2. The molecule has 0 aromatic heterocycles. The lowest BCUT2D eigenvalue weighted by molar-refractivity contribution is 0.392. The Morgan fingerprint density at radius 2 is 1.88 bits per heavy atom. The van der Waals surface area contributed by atoms with Gasteiger partial charge in [0.05, 0.1) is 0 Å². The van der Waals surface area contributed by atoms with Gasteiger partial charge >= 0.3 is 0 Å². The van der Waals surface area contributed by atoms with E-state index in [-0.39, 0.29) is 0 Å². The van der Waals surface area contributed by atoms with Crippen LogP contribution in [0.15, 0.2) is 0 Å². The minimum Gasteiger partial charge on any atom is -0.313 e. The van der Waals surface area contributed by atoms with E-state index >= 15 is 0 Å². The van der Waals surface area contributed by atoms with Crippen molar-refractivity contribution in [1.82, 2.24) is 5.32 Å². The van der Waals surface area contributed by atoms with E-state index in [1.807, 2.05) is 0 Å². The van der Waals surface area contributed by atoms with Gasteiger partial charge in [0.25, 0.3) is 0 Å². The number of hydrogen-bond donors (Lipinski definition) is 1. The molecule has 0 aromatic rings. The van der Waals surface area contributed by atoms with E-state index in [1.54, 1.807) is 0 Å². The van der Waals surface area contributed by atoms with Crippen molar-refractivity contribution in [3.05, 3.63) is 0 Å². The molecule has 1 aliphatic rings. The van der Waals surface area contributed by atoms with Crippen molar-refractivity contribution >= 4 is 10.8 Å². The van der Waals surface area contributed by atoms with Crippen LogP contribution in [0, 0.1) is 11.8 Å². The van der Waals surface area contributed by atoms with Gasteiger partial charge in [-0.15, -0.1) is 0 Å². The first kappa shape index (κ1) is 14.2. The molecule has 2 atom stereocenters. The Morgan fingerprint density at radius 1 is 1.25 bits per heavy atom. The maximum absolute atomic E-state index is 12.0. The average Bonchev–Trinajstić information content (AvgIpc) is 2.68. The zero-order chi connectivity index (χ0) is 12.0. The molecule has 0 heterocycles. The highest BCUT2D eigenvalue weighted by molar-refractivity contribution is 7.85. The summed E-state index contributed by atoms with van der Waals surface area (Å²) in [5.74, 6) is 3.04. The summed E-state index contributed by atoms with van der Waals surface area (Å²) in [5, 5.41) is 3.54. The Morgan fingerprint density at radius 3 is 2.38 bits per heavy atom. The normalized spacial score (nSPS) is 21.5. The van der Waals surface area contributed by atoms with Gasteiger partial charge in [-0.05, 0) is 31.2 Å². The summed E-state index contributed by atoms with van der Waals surface area (Å²) in [6.07, 6.45) is 5.39. The third kappa shape index (κ3) is 4.96. The summed E-state index contributed by atoms with van der Waals surface area (Å²) in [6, 6.07) is 0.493. The van der Waals surface area contributed by atoms with E-state index in [0.29, 0.717) is 12.0 Å². The standard InChI is InChI=1S/C13H27NOS/c1-4-14-13(12-7-5-6-8-12)10-16(15)9-11(2)3/h11-14H,4-10H2,1-3H3. The van der Waals surface area contributed by atoms with Crippen molar-refractivity contribution in [3.8, 4) is 0 Å². The molecule has 0 bridgehead atoms. The summed E-state index contributed by atoms with van der Waals surface area (Å²) in [7, 11) is -0.640. The molecule has 3 heteroatoms. The van der Waals surface area contributed by atoms with Crippen LogP contribution < -0.4 is 5.32 Å². The molecule has 0 aromatic carbocycles. The Labute approximate surface area is 103 Å². The molecule has 1 saturated carbocycles. The average molecular weight is 245 g/mol. The van der Waals surface area contributed by atoms with Crippen molar-refractivity contribution in [3.63, 3.8) is 0 Å². The molecular formula is C13H27NOS. The molecule has 1 fully saturated rings. The first-order chi connectivity index (χ1) is 7.63. The van der Waals surface area contributed by atoms with Crippen LogP contribution in [0.1, 0.15) is 46.5 Å². The molecule has 96 valence electrons. The molecule has 1 rings (SSSR count). The highest BCUT2D eigenvalue weighted by Crippen LogP contribution is 2.28. The molecule has 16 heavy (non-hydrogen) atoms. The summed E-state index contributed by atoms with van der Waals surface area (Å²) in [5.41, 5.74) is 0. The van der Waals surface area contributed by atoms with Gasteiger partial charge in [0.2, 0.25) is 0 Å².